The van der Waals surface area contributed by atoms with E-state index in [0.717, 1.165) is 27.0 Å². The van der Waals surface area contributed by atoms with E-state index in [1.807, 2.05) is 14.1 Å². The van der Waals surface area contributed by atoms with Gasteiger partial charge in [0, 0.05) is 14.1 Å². The van der Waals surface area contributed by atoms with Gasteiger partial charge in [-0.05, 0) is 0 Å². The molecule has 0 saturated carbocycles. The summed E-state index contributed by atoms with van der Waals surface area (Å²) in [7, 11) is 3.72. The van der Waals surface area contributed by atoms with E-state index in [4.69, 9.17) is 0 Å². The number of aromatic nitrogens is 6. The quantitative estimate of drug-likeness (QED) is 0.731. The second kappa shape index (κ2) is 5.10. The Hall–Kier alpha value is -1.74. The molecule has 19 heavy (non-hydrogen) atoms. The highest BCUT2D eigenvalue weighted by Gasteiger charge is 2.11. The SMILES string of the molecule is CNc1nc(CSc2nncs2)nc2c1cnn2C. The van der Waals surface area contributed by atoms with Crippen LogP contribution in [0.2, 0.25) is 0 Å². The average Bonchev–Trinajstić information content (AvgIpc) is 3.06. The molecule has 0 spiro atoms. The Balaban J connectivity index is 1.92. The molecule has 0 bridgehead atoms. The van der Waals surface area contributed by atoms with Crippen molar-refractivity contribution >= 4 is 39.9 Å². The van der Waals surface area contributed by atoms with Crippen molar-refractivity contribution < 1.29 is 0 Å². The van der Waals surface area contributed by atoms with Gasteiger partial charge in [-0.1, -0.05) is 23.1 Å². The molecule has 3 aromatic rings. The fourth-order valence-electron chi connectivity index (χ4n) is 1.67. The highest BCUT2D eigenvalue weighted by atomic mass is 32.2. The molecule has 9 heteroatoms. The summed E-state index contributed by atoms with van der Waals surface area (Å²) in [6.45, 7) is 0. The zero-order valence-electron chi connectivity index (χ0n) is 10.4. The van der Waals surface area contributed by atoms with Crippen LogP contribution in [0.1, 0.15) is 5.82 Å². The van der Waals surface area contributed by atoms with E-state index in [2.05, 4.69) is 30.6 Å². The molecule has 0 aliphatic heterocycles. The zero-order valence-corrected chi connectivity index (χ0v) is 12.0. The Kier molecular flexibility index (Phi) is 3.30. The van der Waals surface area contributed by atoms with Crippen molar-refractivity contribution in [2.75, 3.05) is 12.4 Å². The molecule has 0 fully saturated rings. The lowest BCUT2D eigenvalue weighted by molar-refractivity contribution is 0.782. The number of thioether (sulfide) groups is 1. The monoisotopic (exact) mass is 293 g/mol. The molecule has 98 valence electrons. The predicted octanol–water partition coefficient (Wildman–Crippen LogP) is 1.55. The predicted molar refractivity (Wildman–Crippen MR) is 75.3 cm³/mol. The van der Waals surface area contributed by atoms with Crippen molar-refractivity contribution in [1.29, 1.82) is 0 Å². The molecule has 1 N–H and O–H groups in total. The summed E-state index contributed by atoms with van der Waals surface area (Å²) in [6.07, 6.45) is 1.77. The Morgan fingerprint density at radius 3 is 3.05 bits per heavy atom. The van der Waals surface area contributed by atoms with Crippen LogP contribution in [-0.2, 0) is 12.8 Å². The fraction of sp³-hybridized carbons (Fsp3) is 0.300. The summed E-state index contributed by atoms with van der Waals surface area (Å²) in [6, 6.07) is 0. The Morgan fingerprint density at radius 1 is 1.42 bits per heavy atom. The number of aryl methyl sites for hydroxylation is 1. The number of anilines is 1. The van der Waals surface area contributed by atoms with Crippen LogP contribution in [0.15, 0.2) is 16.0 Å². The molecule has 3 heterocycles. The van der Waals surface area contributed by atoms with Crippen LogP contribution in [0.5, 0.6) is 0 Å². The van der Waals surface area contributed by atoms with Gasteiger partial charge >= 0.3 is 0 Å². The van der Waals surface area contributed by atoms with E-state index in [-0.39, 0.29) is 0 Å². The lowest BCUT2D eigenvalue weighted by Crippen LogP contribution is -2.02. The molecule has 0 radical (unpaired) electrons. The molecule has 0 aromatic carbocycles. The maximum Gasteiger partial charge on any atom is 0.174 e. The van der Waals surface area contributed by atoms with Gasteiger partial charge in [0.2, 0.25) is 0 Å². The van der Waals surface area contributed by atoms with Gasteiger partial charge in [-0.15, -0.1) is 10.2 Å². The Labute approximate surface area is 117 Å². The van der Waals surface area contributed by atoms with Gasteiger partial charge in [0.25, 0.3) is 0 Å². The molecular weight excluding hydrogens is 282 g/mol. The second-order valence-corrected chi connectivity index (χ2v) is 5.79. The molecule has 0 saturated heterocycles. The highest BCUT2D eigenvalue weighted by molar-refractivity contribution is 8.00. The van der Waals surface area contributed by atoms with Gasteiger partial charge in [0.1, 0.15) is 17.2 Å². The summed E-state index contributed by atoms with van der Waals surface area (Å²) in [5, 5.41) is 16.0. The lowest BCUT2D eigenvalue weighted by Gasteiger charge is -2.04. The van der Waals surface area contributed by atoms with Crippen LogP contribution in [0.3, 0.4) is 0 Å². The summed E-state index contributed by atoms with van der Waals surface area (Å²) in [4.78, 5) is 9.02. The van der Waals surface area contributed by atoms with Gasteiger partial charge in [0.15, 0.2) is 9.99 Å². The third kappa shape index (κ3) is 2.38. The summed E-state index contributed by atoms with van der Waals surface area (Å²) in [5.74, 6) is 2.21. The van der Waals surface area contributed by atoms with Crippen molar-refractivity contribution in [3.8, 4) is 0 Å². The first kappa shape index (κ1) is 12.3. The van der Waals surface area contributed by atoms with Crippen LogP contribution in [0, 0.1) is 0 Å². The average molecular weight is 293 g/mol. The maximum absolute atomic E-state index is 4.53. The number of nitrogens with one attached hydrogen (secondary N) is 1. The van der Waals surface area contributed by atoms with Crippen molar-refractivity contribution in [3.05, 3.63) is 17.5 Å². The van der Waals surface area contributed by atoms with Gasteiger partial charge in [-0.3, -0.25) is 4.68 Å². The minimum Gasteiger partial charge on any atom is -0.372 e. The summed E-state index contributed by atoms with van der Waals surface area (Å²) >= 11 is 3.09. The van der Waals surface area contributed by atoms with E-state index in [0.29, 0.717) is 5.75 Å². The van der Waals surface area contributed by atoms with Crippen molar-refractivity contribution in [1.82, 2.24) is 29.9 Å². The van der Waals surface area contributed by atoms with Crippen LogP contribution in [-0.4, -0.2) is 37.0 Å². The Morgan fingerprint density at radius 2 is 2.32 bits per heavy atom. The van der Waals surface area contributed by atoms with E-state index in [9.17, 15) is 0 Å². The molecule has 0 atom stereocenters. The minimum atomic E-state index is 0.658. The molecule has 3 aromatic heterocycles. The third-order valence-corrected chi connectivity index (χ3v) is 4.40. The van der Waals surface area contributed by atoms with E-state index >= 15 is 0 Å². The first-order valence-electron chi connectivity index (χ1n) is 5.53. The molecule has 7 nitrogen and oxygen atoms in total. The summed E-state index contributed by atoms with van der Waals surface area (Å²) in [5.41, 5.74) is 2.54. The van der Waals surface area contributed by atoms with Crippen molar-refractivity contribution in [2.45, 2.75) is 10.1 Å². The first-order chi connectivity index (χ1) is 9.28. The normalized spacial score (nSPS) is 11.1. The van der Waals surface area contributed by atoms with E-state index in [1.165, 1.54) is 11.3 Å². The van der Waals surface area contributed by atoms with E-state index < -0.39 is 0 Å². The molecule has 0 unspecified atom stereocenters. The van der Waals surface area contributed by atoms with Crippen LogP contribution in [0.4, 0.5) is 5.82 Å². The number of hydrogen-bond donors (Lipinski definition) is 1. The maximum atomic E-state index is 4.53. The van der Waals surface area contributed by atoms with Gasteiger partial charge < -0.3 is 5.32 Å². The standard InChI is InChI=1S/C10H11N7S2/c1-11-8-6-3-13-17(2)9(6)15-7(14-8)4-18-10-16-12-5-19-10/h3,5H,4H2,1-2H3,(H,11,14,15). The Bertz CT molecular complexity index is 691. The zero-order chi connectivity index (χ0) is 13.2. The number of hydrogen-bond acceptors (Lipinski definition) is 8. The smallest absolute Gasteiger partial charge is 0.174 e. The number of nitrogens with zero attached hydrogens (tertiary/aromatic N) is 6. The van der Waals surface area contributed by atoms with Crippen LogP contribution < -0.4 is 5.32 Å². The molecular formula is C10H11N7S2. The highest BCUT2D eigenvalue weighted by Crippen LogP contribution is 2.25. The first-order valence-corrected chi connectivity index (χ1v) is 7.40. The van der Waals surface area contributed by atoms with E-state index in [1.54, 1.807) is 28.2 Å². The molecule has 0 amide bonds. The topological polar surface area (TPSA) is 81.4 Å². The van der Waals surface area contributed by atoms with Crippen LogP contribution in [0.25, 0.3) is 11.0 Å². The lowest BCUT2D eigenvalue weighted by atomic mass is 10.4. The van der Waals surface area contributed by atoms with Gasteiger partial charge in [-0.25, -0.2) is 9.97 Å². The number of fused-ring (bicyclic) bond motifs is 1. The second-order valence-electron chi connectivity index (χ2n) is 3.74. The summed E-state index contributed by atoms with van der Waals surface area (Å²) < 4.78 is 2.66. The fourth-order valence-corrected chi connectivity index (χ4v) is 3.02. The minimum absolute atomic E-state index is 0.658. The van der Waals surface area contributed by atoms with Crippen LogP contribution >= 0.6 is 23.1 Å². The van der Waals surface area contributed by atoms with Gasteiger partial charge in [-0.2, -0.15) is 5.10 Å². The molecule has 0 aliphatic rings. The van der Waals surface area contributed by atoms with Crippen molar-refractivity contribution in [3.63, 3.8) is 0 Å². The number of rotatable bonds is 4. The van der Waals surface area contributed by atoms with Gasteiger partial charge in [0.05, 0.1) is 17.3 Å². The largest absolute Gasteiger partial charge is 0.372 e. The van der Waals surface area contributed by atoms with Crippen molar-refractivity contribution in [2.24, 2.45) is 7.05 Å². The molecule has 0 aliphatic carbocycles. The third-order valence-electron chi connectivity index (χ3n) is 2.54. The molecule has 3 rings (SSSR count).